The van der Waals surface area contributed by atoms with Crippen LogP contribution in [-0.2, 0) is 4.79 Å². The fourth-order valence-electron chi connectivity index (χ4n) is 2.87. The molecule has 0 bridgehead atoms. The number of ether oxygens (including phenoxy) is 1. The van der Waals surface area contributed by atoms with E-state index in [1.807, 2.05) is 32.9 Å². The number of hydrogen-bond donors (Lipinski definition) is 1. The number of carbonyl (C=O) groups is 1. The summed E-state index contributed by atoms with van der Waals surface area (Å²) in [5, 5.41) is 4.40. The summed E-state index contributed by atoms with van der Waals surface area (Å²) in [6.07, 6.45) is 1.55. The third kappa shape index (κ3) is 3.60. The van der Waals surface area contributed by atoms with Crippen LogP contribution >= 0.6 is 11.6 Å². The number of hydrogen-bond acceptors (Lipinski definition) is 3. The van der Waals surface area contributed by atoms with Gasteiger partial charge in [-0.3, -0.25) is 4.79 Å². The lowest BCUT2D eigenvalue weighted by atomic mass is 10.0. The van der Waals surface area contributed by atoms with Crippen molar-refractivity contribution in [2.24, 2.45) is 0 Å². The van der Waals surface area contributed by atoms with E-state index in [4.69, 9.17) is 20.8 Å². The third-order valence-electron chi connectivity index (χ3n) is 4.36. The van der Waals surface area contributed by atoms with Gasteiger partial charge in [0.05, 0.1) is 7.11 Å². The first-order chi connectivity index (χ1) is 12.4. The third-order valence-corrected chi connectivity index (χ3v) is 4.60. The van der Waals surface area contributed by atoms with E-state index in [0.29, 0.717) is 16.5 Å². The average molecular weight is 370 g/mol. The maximum absolute atomic E-state index is 12.4. The van der Waals surface area contributed by atoms with E-state index in [1.165, 1.54) is 0 Å². The van der Waals surface area contributed by atoms with Gasteiger partial charge in [0.1, 0.15) is 17.1 Å². The van der Waals surface area contributed by atoms with Crippen LogP contribution in [0.5, 0.6) is 5.75 Å². The number of methoxy groups -OCH3 is 1. The predicted octanol–water partition coefficient (Wildman–Crippen LogP) is 5.75. The van der Waals surface area contributed by atoms with Crippen molar-refractivity contribution in [2.75, 3.05) is 12.4 Å². The first-order valence-corrected chi connectivity index (χ1v) is 8.60. The zero-order chi connectivity index (χ0) is 18.8. The molecule has 1 N–H and O–H groups in total. The zero-order valence-electron chi connectivity index (χ0n) is 15.1. The van der Waals surface area contributed by atoms with Crippen LogP contribution in [0.25, 0.3) is 16.5 Å². The molecular weight excluding hydrogens is 350 g/mol. The Labute approximate surface area is 157 Å². The maximum Gasteiger partial charge on any atom is 0.248 e. The molecule has 0 unspecified atom stereocenters. The number of amides is 1. The van der Waals surface area contributed by atoms with Crippen molar-refractivity contribution >= 4 is 39.7 Å². The molecule has 3 rings (SSSR count). The van der Waals surface area contributed by atoms with E-state index < -0.39 is 0 Å². The van der Waals surface area contributed by atoms with Gasteiger partial charge >= 0.3 is 0 Å². The molecule has 0 saturated heterocycles. The SMILES string of the molecule is COc1cc2oc(C)c(C)c2cc1/C(C)=C/C(=O)Nc1cccc(Cl)c1. The summed E-state index contributed by atoms with van der Waals surface area (Å²) in [6, 6.07) is 10.9. The van der Waals surface area contributed by atoms with Crippen molar-refractivity contribution in [1.82, 2.24) is 0 Å². The number of furan rings is 1. The number of anilines is 1. The van der Waals surface area contributed by atoms with Crippen LogP contribution in [0.4, 0.5) is 5.69 Å². The highest BCUT2D eigenvalue weighted by molar-refractivity contribution is 6.30. The molecule has 1 amide bonds. The Morgan fingerprint density at radius 3 is 2.69 bits per heavy atom. The van der Waals surface area contributed by atoms with Gasteiger partial charge in [-0.25, -0.2) is 0 Å². The topological polar surface area (TPSA) is 51.5 Å². The normalized spacial score (nSPS) is 11.7. The minimum absolute atomic E-state index is 0.230. The van der Waals surface area contributed by atoms with Crippen LogP contribution in [0.15, 0.2) is 46.9 Å². The number of rotatable bonds is 4. The lowest BCUT2D eigenvalue weighted by Gasteiger charge is -2.10. The maximum atomic E-state index is 12.4. The van der Waals surface area contributed by atoms with Gasteiger partial charge in [-0.2, -0.15) is 0 Å². The smallest absolute Gasteiger partial charge is 0.248 e. The molecule has 0 aliphatic heterocycles. The van der Waals surface area contributed by atoms with Crippen molar-refractivity contribution in [2.45, 2.75) is 20.8 Å². The first-order valence-electron chi connectivity index (χ1n) is 8.22. The summed E-state index contributed by atoms with van der Waals surface area (Å²) < 4.78 is 11.2. The van der Waals surface area contributed by atoms with E-state index in [-0.39, 0.29) is 5.91 Å². The number of fused-ring (bicyclic) bond motifs is 1. The summed E-state index contributed by atoms with van der Waals surface area (Å²) in [6.45, 7) is 5.83. The number of nitrogens with one attached hydrogen (secondary N) is 1. The molecule has 0 aliphatic carbocycles. The van der Waals surface area contributed by atoms with E-state index >= 15 is 0 Å². The predicted molar refractivity (Wildman–Crippen MR) is 106 cm³/mol. The average Bonchev–Trinajstić information content (AvgIpc) is 2.87. The monoisotopic (exact) mass is 369 g/mol. The highest BCUT2D eigenvalue weighted by Gasteiger charge is 2.14. The molecule has 0 saturated carbocycles. The number of benzene rings is 2. The van der Waals surface area contributed by atoms with Crippen molar-refractivity contribution in [1.29, 1.82) is 0 Å². The Balaban J connectivity index is 1.94. The van der Waals surface area contributed by atoms with Crippen LogP contribution in [-0.4, -0.2) is 13.0 Å². The molecule has 134 valence electrons. The highest BCUT2D eigenvalue weighted by atomic mass is 35.5. The second-order valence-electron chi connectivity index (χ2n) is 6.16. The summed E-state index contributed by atoms with van der Waals surface area (Å²) in [5.74, 6) is 1.31. The summed E-state index contributed by atoms with van der Waals surface area (Å²) >= 11 is 5.95. The molecule has 0 spiro atoms. The molecule has 26 heavy (non-hydrogen) atoms. The Morgan fingerprint density at radius 2 is 2.00 bits per heavy atom. The van der Waals surface area contributed by atoms with Crippen LogP contribution in [0.2, 0.25) is 5.02 Å². The Hall–Kier alpha value is -2.72. The van der Waals surface area contributed by atoms with E-state index in [9.17, 15) is 4.79 Å². The second-order valence-corrected chi connectivity index (χ2v) is 6.60. The fourth-order valence-corrected chi connectivity index (χ4v) is 3.06. The van der Waals surface area contributed by atoms with Crippen molar-refractivity contribution < 1.29 is 13.9 Å². The summed E-state index contributed by atoms with van der Waals surface area (Å²) in [5.41, 5.74) is 4.15. The zero-order valence-corrected chi connectivity index (χ0v) is 15.9. The van der Waals surface area contributed by atoms with Crippen molar-refractivity contribution in [3.63, 3.8) is 0 Å². The van der Waals surface area contributed by atoms with Gasteiger partial charge in [-0.1, -0.05) is 17.7 Å². The lowest BCUT2D eigenvalue weighted by Crippen LogP contribution is -2.08. The summed E-state index contributed by atoms with van der Waals surface area (Å²) in [4.78, 5) is 12.4. The highest BCUT2D eigenvalue weighted by Crippen LogP contribution is 2.34. The summed E-state index contributed by atoms with van der Waals surface area (Å²) in [7, 11) is 1.60. The standard InChI is InChI=1S/C21H20ClNO3/c1-12(8-21(24)23-16-7-5-6-15(22)9-16)17-10-18-13(2)14(3)26-20(18)11-19(17)25-4/h5-11H,1-4H3,(H,23,24)/b12-8+. The molecule has 1 aromatic heterocycles. The lowest BCUT2D eigenvalue weighted by molar-refractivity contribution is -0.111. The number of halogens is 1. The van der Waals surface area contributed by atoms with E-state index in [2.05, 4.69) is 5.32 Å². The Morgan fingerprint density at radius 1 is 1.23 bits per heavy atom. The van der Waals surface area contributed by atoms with Crippen LogP contribution < -0.4 is 10.1 Å². The molecule has 1 heterocycles. The fraction of sp³-hybridized carbons (Fsp3) is 0.190. The van der Waals surface area contributed by atoms with Gasteiger partial charge in [0.2, 0.25) is 5.91 Å². The minimum Gasteiger partial charge on any atom is -0.496 e. The number of allylic oxidation sites excluding steroid dienone is 1. The molecule has 5 heteroatoms. The van der Waals surface area contributed by atoms with Crippen LogP contribution in [0.1, 0.15) is 23.8 Å². The Bertz CT molecular complexity index is 1020. The molecule has 4 nitrogen and oxygen atoms in total. The van der Waals surface area contributed by atoms with Gasteiger partial charge in [-0.15, -0.1) is 0 Å². The van der Waals surface area contributed by atoms with E-state index in [0.717, 1.165) is 33.4 Å². The molecule has 0 atom stereocenters. The molecule has 2 aromatic carbocycles. The molecule has 0 aliphatic rings. The molecule has 3 aromatic rings. The molecular formula is C21H20ClNO3. The quantitative estimate of drug-likeness (QED) is 0.595. The molecule has 0 radical (unpaired) electrons. The molecule has 0 fully saturated rings. The van der Waals surface area contributed by atoms with Crippen molar-refractivity contribution in [3.8, 4) is 5.75 Å². The second kappa shape index (κ2) is 7.26. The van der Waals surface area contributed by atoms with Gasteiger partial charge in [0, 0.05) is 33.8 Å². The van der Waals surface area contributed by atoms with Gasteiger partial charge in [-0.05, 0) is 56.2 Å². The van der Waals surface area contributed by atoms with Gasteiger partial charge < -0.3 is 14.5 Å². The first kappa shape index (κ1) is 18.1. The van der Waals surface area contributed by atoms with E-state index in [1.54, 1.807) is 37.5 Å². The van der Waals surface area contributed by atoms with Crippen LogP contribution in [0.3, 0.4) is 0 Å². The Kier molecular flexibility index (Phi) is 5.05. The number of aryl methyl sites for hydroxylation is 2. The van der Waals surface area contributed by atoms with Gasteiger partial charge in [0.25, 0.3) is 0 Å². The van der Waals surface area contributed by atoms with Gasteiger partial charge in [0.15, 0.2) is 0 Å². The largest absolute Gasteiger partial charge is 0.496 e. The minimum atomic E-state index is -0.230. The van der Waals surface area contributed by atoms with Crippen molar-refractivity contribution in [3.05, 3.63) is 64.4 Å². The van der Waals surface area contributed by atoms with Crippen LogP contribution in [0, 0.1) is 13.8 Å². The number of carbonyl (C=O) groups excluding carboxylic acids is 1.